The van der Waals surface area contributed by atoms with E-state index in [9.17, 15) is 9.90 Å². The number of hydrogen-bond donors (Lipinski definition) is 2. The Morgan fingerprint density at radius 3 is 2.89 bits per heavy atom. The molecule has 1 aromatic rings. The molecule has 1 aliphatic rings. The number of furan rings is 1. The van der Waals surface area contributed by atoms with E-state index in [1.165, 1.54) is 0 Å². The van der Waals surface area contributed by atoms with Gasteiger partial charge in [-0.05, 0) is 39.2 Å². The Labute approximate surface area is 111 Å². The van der Waals surface area contributed by atoms with Crippen molar-refractivity contribution in [3.63, 3.8) is 0 Å². The summed E-state index contributed by atoms with van der Waals surface area (Å²) in [6.07, 6.45) is 4.46. The third-order valence-electron chi connectivity index (χ3n) is 3.24. The van der Waals surface area contributed by atoms with Gasteiger partial charge in [-0.25, -0.2) is 0 Å². The van der Waals surface area contributed by atoms with Gasteiger partial charge in [0.05, 0.1) is 6.26 Å². The number of nitrogens with one attached hydrogen (secondary N) is 1. The van der Waals surface area contributed by atoms with Gasteiger partial charge in [-0.3, -0.25) is 10.1 Å². The van der Waals surface area contributed by atoms with E-state index in [1.54, 1.807) is 24.9 Å². The second kappa shape index (κ2) is 5.36. The van der Waals surface area contributed by atoms with E-state index < -0.39 is 11.5 Å². The molecule has 1 aliphatic carbocycles. The third kappa shape index (κ3) is 3.29. The van der Waals surface area contributed by atoms with Crippen molar-refractivity contribution >= 4 is 17.7 Å². The Morgan fingerprint density at radius 2 is 2.39 bits per heavy atom. The van der Waals surface area contributed by atoms with E-state index >= 15 is 0 Å². The normalized spacial score (nSPS) is 18.6. The number of carbonyl (C=O) groups is 1. The monoisotopic (exact) mass is 269 g/mol. The second-order valence-corrected chi connectivity index (χ2v) is 6.13. The van der Waals surface area contributed by atoms with Crippen LogP contribution in [0.3, 0.4) is 0 Å². The van der Waals surface area contributed by atoms with Crippen molar-refractivity contribution < 1.29 is 14.3 Å². The summed E-state index contributed by atoms with van der Waals surface area (Å²) in [5.41, 5.74) is -0.814. The fraction of sp³-hybridized carbons (Fsp3) is 0.615. The lowest BCUT2D eigenvalue weighted by Crippen LogP contribution is -2.50. The van der Waals surface area contributed by atoms with Crippen LogP contribution in [0.4, 0.5) is 0 Å². The van der Waals surface area contributed by atoms with Crippen LogP contribution < -0.4 is 5.32 Å². The minimum atomic E-state index is -0.814. The van der Waals surface area contributed by atoms with Crippen LogP contribution in [0.15, 0.2) is 21.6 Å². The molecule has 0 spiro atoms. The first-order valence-corrected chi connectivity index (χ1v) is 7.18. The van der Waals surface area contributed by atoms with Gasteiger partial charge in [0.25, 0.3) is 0 Å². The first kappa shape index (κ1) is 13.5. The number of carboxylic acid groups (broad SMARTS) is 1. The lowest BCUT2D eigenvalue weighted by molar-refractivity contribution is -0.144. The molecule has 1 fully saturated rings. The fourth-order valence-corrected chi connectivity index (χ4v) is 2.94. The summed E-state index contributed by atoms with van der Waals surface area (Å²) >= 11 is 1.65. The molecule has 1 atom stereocenters. The summed E-state index contributed by atoms with van der Waals surface area (Å²) < 4.78 is 5.22. The molecule has 100 valence electrons. The van der Waals surface area contributed by atoms with Gasteiger partial charge in [-0.1, -0.05) is 0 Å². The highest BCUT2D eigenvalue weighted by Crippen LogP contribution is 2.28. The van der Waals surface area contributed by atoms with Crippen molar-refractivity contribution in [3.05, 3.63) is 18.1 Å². The minimum Gasteiger partial charge on any atom is -0.480 e. The lowest BCUT2D eigenvalue weighted by atomic mass is 9.99. The summed E-state index contributed by atoms with van der Waals surface area (Å²) in [5.74, 6) is 0.897. The molecule has 18 heavy (non-hydrogen) atoms. The van der Waals surface area contributed by atoms with Crippen molar-refractivity contribution in [2.75, 3.05) is 5.75 Å². The zero-order chi connectivity index (χ0) is 13.2. The standard InChI is InChI=1S/C13H19NO3S/c1-9-11(5-7-17-9)18-8-6-13(2,12(15)16)14-10-3-4-10/h5,7,10,14H,3-4,6,8H2,1-2H3,(H,15,16). The number of aryl methyl sites for hydroxylation is 1. The Morgan fingerprint density at radius 1 is 1.67 bits per heavy atom. The van der Waals surface area contributed by atoms with Crippen LogP contribution in [0.2, 0.25) is 0 Å². The molecule has 4 nitrogen and oxygen atoms in total. The maximum Gasteiger partial charge on any atom is 0.323 e. The summed E-state index contributed by atoms with van der Waals surface area (Å²) in [5, 5.41) is 12.6. The number of rotatable bonds is 7. The molecular weight excluding hydrogens is 250 g/mol. The smallest absolute Gasteiger partial charge is 0.323 e. The second-order valence-electron chi connectivity index (χ2n) is 5.00. The van der Waals surface area contributed by atoms with Crippen molar-refractivity contribution in [2.24, 2.45) is 0 Å². The van der Waals surface area contributed by atoms with Gasteiger partial charge in [0.15, 0.2) is 0 Å². The molecule has 5 heteroatoms. The Balaban J connectivity index is 1.85. The maximum absolute atomic E-state index is 11.4. The first-order valence-electron chi connectivity index (χ1n) is 6.19. The number of carboxylic acids is 1. The Kier molecular flexibility index (Phi) is 4.02. The van der Waals surface area contributed by atoms with E-state index in [4.69, 9.17) is 4.42 Å². The average Bonchev–Trinajstić information content (AvgIpc) is 3.02. The Hall–Kier alpha value is -0.940. The minimum absolute atomic E-state index is 0.395. The molecule has 1 saturated carbocycles. The van der Waals surface area contributed by atoms with E-state index in [0.717, 1.165) is 29.3 Å². The van der Waals surface area contributed by atoms with Crippen LogP contribution in [0.5, 0.6) is 0 Å². The summed E-state index contributed by atoms with van der Waals surface area (Å²) in [6.45, 7) is 3.69. The lowest BCUT2D eigenvalue weighted by Gasteiger charge is -2.26. The van der Waals surface area contributed by atoms with Crippen LogP contribution in [0.1, 0.15) is 31.9 Å². The third-order valence-corrected chi connectivity index (χ3v) is 4.39. The van der Waals surface area contributed by atoms with Crippen molar-refractivity contribution in [1.82, 2.24) is 5.32 Å². The molecule has 0 aromatic carbocycles. The number of thioether (sulfide) groups is 1. The van der Waals surface area contributed by atoms with Crippen LogP contribution in [0.25, 0.3) is 0 Å². The average molecular weight is 269 g/mol. The highest BCUT2D eigenvalue weighted by Gasteiger charge is 2.38. The van der Waals surface area contributed by atoms with Gasteiger partial charge in [0, 0.05) is 16.7 Å². The molecule has 0 saturated heterocycles. The fourth-order valence-electron chi connectivity index (χ4n) is 1.81. The van der Waals surface area contributed by atoms with E-state index in [-0.39, 0.29) is 0 Å². The molecule has 0 bridgehead atoms. The SMILES string of the molecule is Cc1occc1SCCC(C)(NC1CC1)C(=O)O. The molecule has 2 rings (SSSR count). The zero-order valence-electron chi connectivity index (χ0n) is 10.7. The highest BCUT2D eigenvalue weighted by atomic mass is 32.2. The van der Waals surface area contributed by atoms with Crippen molar-refractivity contribution in [3.8, 4) is 0 Å². The van der Waals surface area contributed by atoms with Gasteiger partial charge >= 0.3 is 5.97 Å². The predicted octanol–water partition coefficient (Wildman–Crippen LogP) is 2.67. The van der Waals surface area contributed by atoms with E-state index in [0.29, 0.717) is 12.5 Å². The molecule has 0 aliphatic heterocycles. The molecule has 0 amide bonds. The number of hydrogen-bond acceptors (Lipinski definition) is 4. The predicted molar refractivity (Wildman–Crippen MR) is 71.0 cm³/mol. The quantitative estimate of drug-likeness (QED) is 0.745. The molecule has 1 heterocycles. The van der Waals surface area contributed by atoms with Gasteiger partial charge in [-0.15, -0.1) is 11.8 Å². The first-order chi connectivity index (χ1) is 8.51. The highest BCUT2D eigenvalue weighted by molar-refractivity contribution is 7.99. The van der Waals surface area contributed by atoms with E-state index in [1.807, 2.05) is 13.0 Å². The Bertz CT molecular complexity index is 428. The summed E-state index contributed by atoms with van der Waals surface area (Å²) in [4.78, 5) is 12.4. The van der Waals surface area contributed by atoms with E-state index in [2.05, 4.69) is 5.32 Å². The van der Waals surface area contributed by atoms with Gasteiger partial charge < -0.3 is 9.52 Å². The number of aliphatic carboxylic acids is 1. The molecular formula is C13H19NO3S. The van der Waals surface area contributed by atoms with Gasteiger partial charge in [-0.2, -0.15) is 0 Å². The van der Waals surface area contributed by atoms with Crippen LogP contribution in [-0.4, -0.2) is 28.4 Å². The molecule has 1 aromatic heterocycles. The van der Waals surface area contributed by atoms with Gasteiger partial charge in [0.2, 0.25) is 0 Å². The maximum atomic E-state index is 11.4. The van der Waals surface area contributed by atoms with Crippen LogP contribution >= 0.6 is 11.8 Å². The summed E-state index contributed by atoms with van der Waals surface area (Å²) in [6, 6.07) is 2.32. The summed E-state index contributed by atoms with van der Waals surface area (Å²) in [7, 11) is 0. The largest absolute Gasteiger partial charge is 0.480 e. The van der Waals surface area contributed by atoms with Crippen molar-refractivity contribution in [1.29, 1.82) is 0 Å². The molecule has 2 N–H and O–H groups in total. The zero-order valence-corrected chi connectivity index (χ0v) is 11.5. The van der Waals surface area contributed by atoms with Crippen LogP contribution in [0, 0.1) is 6.92 Å². The topological polar surface area (TPSA) is 62.5 Å². The molecule has 0 radical (unpaired) electrons. The van der Waals surface area contributed by atoms with Crippen LogP contribution in [-0.2, 0) is 4.79 Å². The van der Waals surface area contributed by atoms with Gasteiger partial charge in [0.1, 0.15) is 11.3 Å². The van der Waals surface area contributed by atoms with Crippen molar-refractivity contribution in [2.45, 2.75) is 49.6 Å². The molecule has 1 unspecified atom stereocenters.